The minimum atomic E-state index is -3.79. The first-order valence-electron chi connectivity index (χ1n) is 8.52. The summed E-state index contributed by atoms with van der Waals surface area (Å²) in [5, 5.41) is 2.78. The summed E-state index contributed by atoms with van der Waals surface area (Å²) in [5.41, 5.74) is 7.75. The van der Waals surface area contributed by atoms with E-state index in [0.717, 1.165) is 18.4 Å². The molecule has 6 nitrogen and oxygen atoms in total. The van der Waals surface area contributed by atoms with E-state index in [4.69, 9.17) is 5.73 Å². The summed E-state index contributed by atoms with van der Waals surface area (Å²) in [6.07, 6.45) is 1.61. The first-order chi connectivity index (χ1) is 12.3. The third-order valence-corrected chi connectivity index (χ3v) is 5.45. The van der Waals surface area contributed by atoms with E-state index in [1.165, 1.54) is 6.07 Å². The van der Waals surface area contributed by atoms with Gasteiger partial charge in [0.2, 0.25) is 0 Å². The first kappa shape index (κ1) is 23.0. The van der Waals surface area contributed by atoms with Gasteiger partial charge in [0.25, 0.3) is 15.9 Å². The van der Waals surface area contributed by atoms with Gasteiger partial charge in [-0.2, -0.15) is 0 Å². The normalized spacial score (nSPS) is 10.8. The molecular weight excluding hydrogens is 386 g/mol. The van der Waals surface area contributed by atoms with Gasteiger partial charge in [0.15, 0.2) is 0 Å². The second-order valence-electron chi connectivity index (χ2n) is 6.21. The van der Waals surface area contributed by atoms with Crippen LogP contribution in [0.4, 0.5) is 5.69 Å². The molecule has 1 amide bonds. The van der Waals surface area contributed by atoms with Crippen molar-refractivity contribution in [2.24, 2.45) is 5.73 Å². The van der Waals surface area contributed by atoms with Crippen LogP contribution in [0.2, 0.25) is 0 Å². The van der Waals surface area contributed by atoms with Crippen LogP contribution in [0.5, 0.6) is 0 Å². The summed E-state index contributed by atoms with van der Waals surface area (Å²) in [5.74, 6) is -0.297. The Bertz CT molecular complexity index is 886. The molecule has 0 unspecified atom stereocenters. The Morgan fingerprint density at radius 1 is 1.07 bits per heavy atom. The number of halogens is 1. The smallest absolute Gasteiger partial charge is 0.262 e. The van der Waals surface area contributed by atoms with Crippen LogP contribution in [0.15, 0.2) is 47.4 Å². The Morgan fingerprint density at radius 3 is 2.48 bits per heavy atom. The van der Waals surface area contributed by atoms with Crippen molar-refractivity contribution in [2.75, 3.05) is 17.8 Å². The fourth-order valence-electron chi connectivity index (χ4n) is 2.52. The van der Waals surface area contributed by atoms with E-state index in [1.54, 1.807) is 37.3 Å². The second kappa shape index (κ2) is 10.3. The predicted octanol–water partition coefficient (Wildman–Crippen LogP) is 2.99. The van der Waals surface area contributed by atoms with E-state index >= 15 is 0 Å². The highest BCUT2D eigenvalue weighted by molar-refractivity contribution is 7.92. The Morgan fingerprint density at radius 2 is 1.81 bits per heavy atom. The quantitative estimate of drug-likeness (QED) is 0.581. The molecule has 0 saturated carbocycles. The van der Waals surface area contributed by atoms with Crippen LogP contribution in [0.3, 0.4) is 0 Å². The van der Waals surface area contributed by atoms with Crippen LogP contribution in [0, 0.1) is 13.8 Å². The van der Waals surface area contributed by atoms with Gasteiger partial charge in [0, 0.05) is 17.8 Å². The lowest BCUT2D eigenvalue weighted by molar-refractivity contribution is 0.0953. The number of nitrogens with one attached hydrogen (secondary N) is 2. The van der Waals surface area contributed by atoms with Crippen LogP contribution in [0.1, 0.15) is 34.3 Å². The van der Waals surface area contributed by atoms with E-state index < -0.39 is 10.0 Å². The van der Waals surface area contributed by atoms with Crippen molar-refractivity contribution in [3.05, 3.63) is 59.2 Å². The molecule has 0 heterocycles. The number of carbonyl (C=O) groups excluding carboxylic acids is 1. The molecule has 0 radical (unpaired) electrons. The maximum Gasteiger partial charge on any atom is 0.262 e. The third kappa shape index (κ3) is 6.53. The van der Waals surface area contributed by atoms with Gasteiger partial charge in [-0.05, 0) is 68.6 Å². The number of sulfonamides is 1. The van der Waals surface area contributed by atoms with Crippen LogP contribution < -0.4 is 15.8 Å². The lowest BCUT2D eigenvalue weighted by Crippen LogP contribution is -2.25. The number of nitrogens with two attached hydrogens (primary N) is 1. The molecule has 27 heavy (non-hydrogen) atoms. The number of anilines is 1. The molecule has 0 aliphatic heterocycles. The minimum absolute atomic E-state index is 0. The van der Waals surface area contributed by atoms with Crippen molar-refractivity contribution < 1.29 is 13.2 Å². The molecule has 0 atom stereocenters. The molecular formula is C19H26ClN3O3S. The van der Waals surface area contributed by atoms with Crippen LogP contribution >= 0.6 is 12.4 Å². The van der Waals surface area contributed by atoms with Crippen LogP contribution in [0.25, 0.3) is 0 Å². The van der Waals surface area contributed by atoms with Gasteiger partial charge in [0.05, 0.1) is 4.90 Å². The van der Waals surface area contributed by atoms with Gasteiger partial charge in [-0.15, -0.1) is 12.4 Å². The number of aryl methyl sites for hydroxylation is 2. The predicted molar refractivity (Wildman–Crippen MR) is 111 cm³/mol. The number of hydrogen-bond donors (Lipinski definition) is 3. The molecule has 8 heteroatoms. The molecule has 0 aliphatic rings. The average molecular weight is 412 g/mol. The Kier molecular flexibility index (Phi) is 8.75. The lowest BCUT2D eigenvalue weighted by Gasteiger charge is -2.12. The second-order valence-corrected chi connectivity index (χ2v) is 7.86. The topological polar surface area (TPSA) is 101 Å². The van der Waals surface area contributed by atoms with Gasteiger partial charge in [0.1, 0.15) is 0 Å². The van der Waals surface area contributed by atoms with Crippen molar-refractivity contribution in [3.63, 3.8) is 0 Å². The zero-order valence-electron chi connectivity index (χ0n) is 15.5. The number of amides is 1. The highest BCUT2D eigenvalue weighted by Gasteiger charge is 2.19. The number of carbonyl (C=O) groups is 1. The van der Waals surface area contributed by atoms with Gasteiger partial charge < -0.3 is 11.1 Å². The fourth-order valence-corrected chi connectivity index (χ4v) is 3.84. The van der Waals surface area contributed by atoms with Gasteiger partial charge in [-0.3, -0.25) is 9.52 Å². The number of unbranched alkanes of at least 4 members (excludes halogenated alkanes) is 1. The number of hydrogen-bond acceptors (Lipinski definition) is 4. The molecule has 0 aliphatic carbocycles. The summed E-state index contributed by atoms with van der Waals surface area (Å²) in [4.78, 5) is 12.3. The molecule has 2 aromatic carbocycles. The molecule has 148 valence electrons. The molecule has 0 saturated heterocycles. The van der Waals surface area contributed by atoms with Gasteiger partial charge in [-0.25, -0.2) is 8.42 Å². The van der Waals surface area contributed by atoms with E-state index in [2.05, 4.69) is 10.0 Å². The lowest BCUT2D eigenvalue weighted by atomic mass is 10.1. The highest BCUT2D eigenvalue weighted by atomic mass is 35.5. The van der Waals surface area contributed by atoms with E-state index in [9.17, 15) is 13.2 Å². The van der Waals surface area contributed by atoms with Crippen molar-refractivity contribution in [1.82, 2.24) is 5.32 Å². The zero-order valence-corrected chi connectivity index (χ0v) is 17.1. The third-order valence-electron chi connectivity index (χ3n) is 3.93. The summed E-state index contributed by atoms with van der Waals surface area (Å²) in [7, 11) is -3.79. The van der Waals surface area contributed by atoms with Gasteiger partial charge in [-0.1, -0.05) is 18.2 Å². The molecule has 2 rings (SSSR count). The summed E-state index contributed by atoms with van der Waals surface area (Å²) < 4.78 is 28.1. The molecule has 4 N–H and O–H groups in total. The van der Waals surface area contributed by atoms with E-state index in [-0.39, 0.29) is 23.2 Å². The molecule has 0 bridgehead atoms. The van der Waals surface area contributed by atoms with E-state index in [1.807, 2.05) is 13.0 Å². The summed E-state index contributed by atoms with van der Waals surface area (Å²) >= 11 is 0. The molecule has 0 fully saturated rings. The van der Waals surface area contributed by atoms with Crippen LogP contribution in [-0.4, -0.2) is 27.4 Å². The first-order valence-corrected chi connectivity index (χ1v) is 10.0. The molecule has 0 spiro atoms. The summed E-state index contributed by atoms with van der Waals surface area (Å²) in [6, 6.07) is 11.8. The summed E-state index contributed by atoms with van der Waals surface area (Å²) in [6.45, 7) is 4.67. The molecule has 0 aromatic heterocycles. The standard InChI is InChI=1S/C19H25N3O3S.ClH/c1-14-6-5-7-17(12-14)22-26(24,25)18-13-16(9-8-15(18)2)19(23)21-11-4-3-10-20;/h5-9,12-13,22H,3-4,10-11,20H2,1-2H3,(H,21,23);1H. The minimum Gasteiger partial charge on any atom is -0.352 e. The monoisotopic (exact) mass is 411 g/mol. The van der Waals surface area contributed by atoms with Crippen molar-refractivity contribution >= 4 is 34.0 Å². The molecule has 2 aromatic rings. The maximum absolute atomic E-state index is 12.8. The Hall–Kier alpha value is -2.09. The van der Waals surface area contributed by atoms with Crippen molar-refractivity contribution in [1.29, 1.82) is 0 Å². The largest absolute Gasteiger partial charge is 0.352 e. The fraction of sp³-hybridized carbons (Fsp3) is 0.316. The number of rotatable bonds is 8. The maximum atomic E-state index is 12.8. The van der Waals surface area contributed by atoms with Crippen molar-refractivity contribution in [3.8, 4) is 0 Å². The number of benzene rings is 2. The van der Waals surface area contributed by atoms with Crippen LogP contribution in [-0.2, 0) is 10.0 Å². The average Bonchev–Trinajstić information content (AvgIpc) is 2.58. The zero-order chi connectivity index (χ0) is 19.2. The van der Waals surface area contributed by atoms with E-state index in [0.29, 0.717) is 29.9 Å². The highest BCUT2D eigenvalue weighted by Crippen LogP contribution is 2.21. The van der Waals surface area contributed by atoms with Gasteiger partial charge >= 0.3 is 0 Å². The Labute approximate surface area is 167 Å². The Balaban J connectivity index is 0.00000364. The van der Waals surface area contributed by atoms with Crippen molar-refractivity contribution in [2.45, 2.75) is 31.6 Å². The SMILES string of the molecule is Cc1cccc(NS(=O)(=O)c2cc(C(=O)NCCCCN)ccc2C)c1.Cl.